The number of alkyl carbamates (subject to hydrolysis) is 2. The molecular weight excluding hydrogens is 829 g/mol. The van der Waals surface area contributed by atoms with E-state index in [1.807, 2.05) is 61.3 Å². The number of likely N-dealkylation sites (tertiary alicyclic amines) is 2. The maximum absolute atomic E-state index is 14.4. The molecule has 4 aliphatic rings. The van der Waals surface area contributed by atoms with E-state index in [1.54, 1.807) is 12.0 Å². The van der Waals surface area contributed by atoms with E-state index in [2.05, 4.69) is 57.0 Å². The molecule has 4 N–H and O–H groups in total. The summed E-state index contributed by atoms with van der Waals surface area (Å²) < 4.78 is 21.7. The van der Waals surface area contributed by atoms with Crippen molar-refractivity contribution in [3.63, 3.8) is 0 Å². The van der Waals surface area contributed by atoms with Gasteiger partial charge < -0.3 is 49.3 Å². The molecular formula is C49H52N8O8. The fraction of sp³-hybridized carbons (Fsp3) is 0.388. The maximum atomic E-state index is 14.4. The quantitative estimate of drug-likeness (QED) is 0.102. The van der Waals surface area contributed by atoms with Crippen molar-refractivity contribution in [2.75, 3.05) is 34.5 Å². The lowest BCUT2D eigenvalue weighted by molar-refractivity contribution is -0.137. The van der Waals surface area contributed by atoms with Crippen LogP contribution in [-0.2, 0) is 30.4 Å². The fourth-order valence-corrected chi connectivity index (χ4v) is 10.2. The number of fused-ring (bicyclic) bond motifs is 7. The molecule has 4 amide bonds. The predicted molar refractivity (Wildman–Crippen MR) is 240 cm³/mol. The molecule has 3 fully saturated rings. The summed E-state index contributed by atoms with van der Waals surface area (Å²) in [4.78, 5) is 73.7. The molecule has 4 aromatic carbocycles. The summed E-state index contributed by atoms with van der Waals surface area (Å²) in [5.41, 5.74) is 7.14. The number of rotatable bonds is 11. The lowest BCUT2D eigenvalue weighted by atomic mass is 9.92. The van der Waals surface area contributed by atoms with Crippen molar-refractivity contribution in [2.24, 2.45) is 17.8 Å². The highest BCUT2D eigenvalue weighted by Crippen LogP contribution is 2.53. The minimum atomic E-state index is -0.954. The van der Waals surface area contributed by atoms with Crippen molar-refractivity contribution in [1.29, 1.82) is 0 Å². The van der Waals surface area contributed by atoms with Crippen LogP contribution in [0.5, 0.6) is 5.75 Å². The number of hydrogen-bond donors (Lipinski definition) is 4. The van der Waals surface area contributed by atoms with E-state index in [0.29, 0.717) is 43.5 Å². The number of nitrogens with one attached hydrogen (secondary N) is 4. The normalized spacial score (nSPS) is 21.6. The Hall–Kier alpha value is -6.94. The van der Waals surface area contributed by atoms with Crippen molar-refractivity contribution in [3.05, 3.63) is 102 Å². The van der Waals surface area contributed by atoms with Gasteiger partial charge in [-0.25, -0.2) is 19.6 Å². The van der Waals surface area contributed by atoms with Gasteiger partial charge in [-0.3, -0.25) is 9.59 Å². The van der Waals surface area contributed by atoms with Gasteiger partial charge >= 0.3 is 12.2 Å². The summed E-state index contributed by atoms with van der Waals surface area (Å²) in [6.07, 6.45) is 2.91. The third-order valence-electron chi connectivity index (χ3n) is 13.6. The third kappa shape index (κ3) is 7.68. The number of aromatic amines is 2. The highest BCUT2D eigenvalue weighted by atomic mass is 16.5. The van der Waals surface area contributed by atoms with E-state index in [4.69, 9.17) is 28.9 Å². The number of hydrogen-bond acceptors (Lipinski definition) is 10. The van der Waals surface area contributed by atoms with Crippen molar-refractivity contribution in [3.8, 4) is 28.1 Å². The Bertz CT molecular complexity index is 2820. The lowest BCUT2D eigenvalue weighted by Gasteiger charge is -2.31. The first-order valence-corrected chi connectivity index (χ1v) is 22.2. The van der Waals surface area contributed by atoms with Gasteiger partial charge in [-0.05, 0) is 83.0 Å². The minimum absolute atomic E-state index is 0.0597. The molecule has 0 bridgehead atoms. The third-order valence-corrected chi connectivity index (χ3v) is 13.6. The Morgan fingerprint density at radius 1 is 0.846 bits per heavy atom. The Kier molecular flexibility index (Phi) is 10.9. The van der Waals surface area contributed by atoms with Crippen LogP contribution >= 0.6 is 0 Å². The highest BCUT2D eigenvalue weighted by Gasteiger charge is 2.56. The maximum Gasteiger partial charge on any atom is 0.407 e. The van der Waals surface area contributed by atoms with Crippen molar-refractivity contribution in [1.82, 2.24) is 40.4 Å². The van der Waals surface area contributed by atoms with Crippen LogP contribution in [0.1, 0.15) is 74.0 Å². The molecule has 1 unspecified atom stereocenters. The number of carbonyl (C=O) groups excluding carboxylic acids is 4. The number of methoxy groups -OCH3 is 3. The van der Waals surface area contributed by atoms with Crippen molar-refractivity contribution in [2.45, 2.75) is 69.9 Å². The minimum Gasteiger partial charge on any atom is -0.488 e. The van der Waals surface area contributed by atoms with Crippen LogP contribution in [0.3, 0.4) is 0 Å². The molecule has 16 heteroatoms. The smallest absolute Gasteiger partial charge is 0.407 e. The molecule has 10 rings (SSSR count). The number of piperidine rings is 1. The first kappa shape index (κ1) is 42.0. The zero-order valence-corrected chi connectivity index (χ0v) is 36.9. The van der Waals surface area contributed by atoms with E-state index in [9.17, 15) is 19.2 Å². The van der Waals surface area contributed by atoms with Crippen LogP contribution in [-0.4, -0.2) is 100 Å². The SMILES string of the molecule is COC[C@H]1C[C@@H](c2nc3c(ccc4cc5c(cc43)OCc3cc(-c4cnc([C@@H]6C[C@H]7C[C@H]7N6C(=O)C(NC(=O)OC)C(C)C)[nH]4)ccc3-5)[nH]2)N(C(=O)[C@H](NC(=O)OC)c2ccccc2)C1. The average Bonchev–Trinajstić information content (AvgIpc) is 3.79. The fourth-order valence-electron chi connectivity index (χ4n) is 10.2. The van der Waals surface area contributed by atoms with Gasteiger partial charge in [0.2, 0.25) is 5.91 Å². The summed E-state index contributed by atoms with van der Waals surface area (Å²) in [7, 11) is 4.23. The molecule has 336 valence electrons. The summed E-state index contributed by atoms with van der Waals surface area (Å²) in [5.74, 6) is 2.12. The van der Waals surface area contributed by atoms with Crippen LogP contribution in [0.4, 0.5) is 9.59 Å². The Morgan fingerprint density at radius 3 is 2.42 bits per heavy atom. The van der Waals surface area contributed by atoms with E-state index < -0.39 is 30.3 Å². The number of aromatic nitrogens is 4. The Labute approximate surface area is 375 Å². The molecule has 65 heavy (non-hydrogen) atoms. The molecule has 5 heterocycles. The molecule has 1 aliphatic carbocycles. The van der Waals surface area contributed by atoms with Gasteiger partial charge in [-0.2, -0.15) is 0 Å². The van der Waals surface area contributed by atoms with Crippen LogP contribution < -0.4 is 15.4 Å². The van der Waals surface area contributed by atoms with E-state index in [-0.39, 0.29) is 35.7 Å². The molecule has 2 aromatic heterocycles. The van der Waals surface area contributed by atoms with Crippen LogP contribution in [0.15, 0.2) is 79.0 Å². The van der Waals surface area contributed by atoms with E-state index >= 15 is 0 Å². The second-order valence-electron chi connectivity index (χ2n) is 18.0. The number of nitrogens with zero attached hydrogens (tertiary/aromatic N) is 4. The second-order valence-corrected chi connectivity index (χ2v) is 18.0. The Morgan fingerprint density at radius 2 is 1.65 bits per heavy atom. The molecule has 1 saturated carbocycles. The summed E-state index contributed by atoms with van der Waals surface area (Å²) >= 11 is 0. The van der Waals surface area contributed by atoms with E-state index in [0.717, 1.165) is 74.2 Å². The Balaban J connectivity index is 0.914. The number of imidazole rings is 2. The zero-order valence-electron chi connectivity index (χ0n) is 36.9. The van der Waals surface area contributed by atoms with Crippen molar-refractivity contribution >= 4 is 45.8 Å². The topological polar surface area (TPSA) is 193 Å². The van der Waals surface area contributed by atoms with Gasteiger partial charge in [0.05, 0.1) is 55.8 Å². The van der Waals surface area contributed by atoms with Crippen LogP contribution in [0.2, 0.25) is 0 Å². The second kappa shape index (κ2) is 16.9. The predicted octanol–water partition coefficient (Wildman–Crippen LogP) is 7.34. The standard InChI is InChI=1S/C49H52N8O8/c1-25(2)41(54-48(60)63-4)47(59)57-37-18-30(37)19-39(57)44-50-21-36(52-44)29-11-13-32-31(16-29)24-65-40-20-33-28(17-34(32)40)12-14-35-43(33)53-45(51-35)38-15-26(23-62-3)22-56(38)46(58)42(55-49(61)64-5)27-9-7-6-8-10-27/h6-14,16-17,20-21,25-26,30,37-39,41-42H,15,18-19,22-24H2,1-5H3,(H,50,52)(H,51,53)(H,54,60)(H,55,61)/t26-,30+,37+,38-,39-,41?,42+/m0/s1. The molecule has 16 nitrogen and oxygen atoms in total. The first-order chi connectivity index (χ1) is 31.5. The van der Waals surface area contributed by atoms with Gasteiger partial charge in [-0.15, -0.1) is 0 Å². The van der Waals surface area contributed by atoms with Gasteiger partial charge in [0.25, 0.3) is 5.91 Å². The first-order valence-electron chi connectivity index (χ1n) is 22.2. The number of ether oxygens (including phenoxy) is 4. The van der Waals surface area contributed by atoms with Crippen molar-refractivity contribution < 1.29 is 38.1 Å². The van der Waals surface area contributed by atoms with E-state index in [1.165, 1.54) is 14.2 Å². The summed E-state index contributed by atoms with van der Waals surface area (Å²) in [6, 6.07) is 21.6. The molecule has 7 atom stereocenters. The van der Waals surface area contributed by atoms with Gasteiger partial charge in [0.15, 0.2) is 0 Å². The molecule has 3 aliphatic heterocycles. The van der Waals surface area contributed by atoms with Gasteiger partial charge in [-0.1, -0.05) is 62.4 Å². The number of carbonyl (C=O) groups is 4. The van der Waals surface area contributed by atoms with Gasteiger partial charge in [0, 0.05) is 36.6 Å². The van der Waals surface area contributed by atoms with Crippen LogP contribution in [0.25, 0.3) is 44.2 Å². The molecule has 2 saturated heterocycles. The molecule has 0 radical (unpaired) electrons. The summed E-state index contributed by atoms with van der Waals surface area (Å²) in [6.45, 7) is 5.10. The average molecular weight is 881 g/mol. The lowest BCUT2D eigenvalue weighted by Crippen LogP contribution is -2.52. The number of benzene rings is 4. The molecule has 6 aromatic rings. The number of amides is 4. The zero-order chi connectivity index (χ0) is 45.1. The largest absolute Gasteiger partial charge is 0.488 e. The highest BCUT2D eigenvalue weighted by molar-refractivity contribution is 6.07. The summed E-state index contributed by atoms with van der Waals surface area (Å²) in [5, 5.41) is 7.41. The molecule has 0 spiro atoms. The number of H-pyrrole nitrogens is 2. The van der Waals surface area contributed by atoms with Crippen LogP contribution in [0, 0.1) is 17.8 Å². The van der Waals surface area contributed by atoms with Gasteiger partial charge in [0.1, 0.15) is 36.1 Å². The monoisotopic (exact) mass is 880 g/mol.